The Kier molecular flexibility index (Phi) is 6.66. The number of esters is 1. The van der Waals surface area contributed by atoms with E-state index < -0.39 is 23.7 Å². The average molecular weight is 446 g/mol. The quantitative estimate of drug-likeness (QED) is 0.294. The lowest BCUT2D eigenvalue weighted by atomic mass is 9.97. The molecule has 0 bridgehead atoms. The summed E-state index contributed by atoms with van der Waals surface area (Å²) in [7, 11) is 5.16. The highest BCUT2D eigenvalue weighted by atomic mass is 32.1. The number of amides is 1. The predicted octanol–water partition coefficient (Wildman–Crippen LogP) is 2.85. The Bertz CT molecular complexity index is 1040. The molecule has 166 valence electrons. The number of hydrogen-bond acceptors (Lipinski definition) is 7. The Labute approximate surface area is 185 Å². The zero-order valence-electron chi connectivity index (χ0n) is 18.3. The fourth-order valence-corrected chi connectivity index (χ4v) is 4.80. The van der Waals surface area contributed by atoms with Gasteiger partial charge in [0.05, 0.1) is 18.7 Å². The van der Waals surface area contributed by atoms with Gasteiger partial charge in [-0.25, -0.2) is 4.79 Å². The van der Waals surface area contributed by atoms with Crippen molar-refractivity contribution < 1.29 is 24.2 Å². The van der Waals surface area contributed by atoms with E-state index in [0.29, 0.717) is 29.8 Å². The minimum Gasteiger partial charge on any atom is -0.507 e. The van der Waals surface area contributed by atoms with E-state index in [-0.39, 0.29) is 17.0 Å². The summed E-state index contributed by atoms with van der Waals surface area (Å²) in [5.74, 6) is -2.20. The predicted molar refractivity (Wildman–Crippen MR) is 118 cm³/mol. The van der Waals surface area contributed by atoms with Gasteiger partial charge in [0.1, 0.15) is 11.5 Å². The molecule has 0 saturated carbocycles. The molecule has 31 heavy (non-hydrogen) atoms. The van der Waals surface area contributed by atoms with Crippen LogP contribution in [0.4, 0.5) is 0 Å². The van der Waals surface area contributed by atoms with Crippen molar-refractivity contribution in [2.75, 3.05) is 34.3 Å². The van der Waals surface area contributed by atoms with Gasteiger partial charge < -0.3 is 24.6 Å². The Morgan fingerprint density at radius 3 is 2.61 bits per heavy atom. The first-order valence-corrected chi connectivity index (χ1v) is 10.8. The molecule has 1 fully saturated rings. The number of hydrogen-bond donors (Lipinski definition) is 2. The Balaban J connectivity index is 2.12. The molecule has 1 unspecified atom stereocenters. The molecular formula is C22H27N3O5S. The molecule has 2 N–H and O–H groups in total. The van der Waals surface area contributed by atoms with E-state index in [1.807, 2.05) is 36.5 Å². The number of ketones is 1. The van der Waals surface area contributed by atoms with Crippen molar-refractivity contribution in [2.24, 2.45) is 0 Å². The molecule has 3 heterocycles. The van der Waals surface area contributed by atoms with Crippen LogP contribution in [0.1, 0.15) is 44.6 Å². The van der Waals surface area contributed by atoms with Crippen LogP contribution in [-0.2, 0) is 14.3 Å². The number of ether oxygens (including phenoxy) is 1. The maximum atomic E-state index is 13.0. The summed E-state index contributed by atoms with van der Waals surface area (Å²) in [6.45, 7) is 4.51. The summed E-state index contributed by atoms with van der Waals surface area (Å²) in [5.41, 5.74) is 1.56. The van der Waals surface area contributed by atoms with Gasteiger partial charge in [-0.1, -0.05) is 6.07 Å². The van der Waals surface area contributed by atoms with Gasteiger partial charge in [0.15, 0.2) is 0 Å². The number of aliphatic hydroxyl groups is 1. The van der Waals surface area contributed by atoms with Crippen molar-refractivity contribution in [2.45, 2.75) is 26.3 Å². The molecule has 2 aromatic heterocycles. The van der Waals surface area contributed by atoms with Crippen LogP contribution in [0.25, 0.3) is 5.76 Å². The number of carbonyl (C=O) groups excluding carboxylic acids is 3. The van der Waals surface area contributed by atoms with E-state index in [2.05, 4.69) is 4.98 Å². The number of carbonyl (C=O) groups is 3. The second-order valence-electron chi connectivity index (χ2n) is 7.78. The number of methoxy groups -OCH3 is 1. The molecule has 0 spiro atoms. The lowest BCUT2D eigenvalue weighted by molar-refractivity contribution is -0.139. The number of H-pyrrole nitrogens is 1. The third kappa shape index (κ3) is 4.15. The number of aromatic nitrogens is 1. The van der Waals surface area contributed by atoms with Crippen LogP contribution in [0.5, 0.6) is 0 Å². The molecular weight excluding hydrogens is 418 g/mol. The van der Waals surface area contributed by atoms with Gasteiger partial charge in [0.2, 0.25) is 0 Å². The van der Waals surface area contributed by atoms with Gasteiger partial charge in [-0.3, -0.25) is 9.59 Å². The summed E-state index contributed by atoms with van der Waals surface area (Å²) in [5, 5.41) is 13.1. The van der Waals surface area contributed by atoms with Gasteiger partial charge in [0, 0.05) is 22.7 Å². The van der Waals surface area contributed by atoms with Gasteiger partial charge in [-0.2, -0.15) is 0 Å². The monoisotopic (exact) mass is 445 g/mol. The minimum absolute atomic E-state index is 0.0407. The number of Topliss-reactive ketones (excluding diaryl/α,β-unsaturated/α-hetero) is 1. The molecule has 3 rings (SSSR count). The molecule has 1 atom stereocenters. The molecule has 8 nitrogen and oxygen atoms in total. The third-order valence-corrected chi connectivity index (χ3v) is 6.35. The summed E-state index contributed by atoms with van der Waals surface area (Å²) >= 11 is 1.42. The van der Waals surface area contributed by atoms with Crippen molar-refractivity contribution in [1.29, 1.82) is 0 Å². The largest absolute Gasteiger partial charge is 0.507 e. The first-order chi connectivity index (χ1) is 14.7. The van der Waals surface area contributed by atoms with Crippen molar-refractivity contribution >= 4 is 34.8 Å². The highest BCUT2D eigenvalue weighted by molar-refractivity contribution is 7.10. The van der Waals surface area contributed by atoms with E-state index in [1.54, 1.807) is 13.8 Å². The van der Waals surface area contributed by atoms with E-state index in [1.165, 1.54) is 23.3 Å². The smallest absolute Gasteiger partial charge is 0.354 e. The molecule has 0 radical (unpaired) electrons. The number of nitrogens with one attached hydrogen (secondary N) is 1. The van der Waals surface area contributed by atoms with Crippen molar-refractivity contribution in [1.82, 2.24) is 14.8 Å². The topological polar surface area (TPSA) is 103 Å². The zero-order chi connectivity index (χ0) is 22.9. The number of aromatic amines is 1. The number of likely N-dealkylation sites (tertiary alicyclic amines) is 1. The molecule has 9 heteroatoms. The van der Waals surface area contributed by atoms with Gasteiger partial charge >= 0.3 is 5.97 Å². The number of aryl methyl sites for hydroxylation is 1. The van der Waals surface area contributed by atoms with E-state index in [0.717, 1.165) is 11.4 Å². The average Bonchev–Trinajstić information content (AvgIpc) is 3.40. The van der Waals surface area contributed by atoms with Crippen LogP contribution in [-0.4, -0.2) is 71.8 Å². The summed E-state index contributed by atoms with van der Waals surface area (Å²) < 4.78 is 4.79. The normalized spacial score (nSPS) is 18.3. The molecule has 1 aliphatic rings. The molecule has 1 aliphatic heterocycles. The van der Waals surface area contributed by atoms with Crippen LogP contribution < -0.4 is 0 Å². The fourth-order valence-electron chi connectivity index (χ4n) is 3.96. The van der Waals surface area contributed by atoms with Gasteiger partial charge in [-0.15, -0.1) is 11.3 Å². The highest BCUT2D eigenvalue weighted by Crippen LogP contribution is 2.42. The van der Waals surface area contributed by atoms with Crippen LogP contribution in [0.2, 0.25) is 0 Å². The van der Waals surface area contributed by atoms with Gasteiger partial charge in [-0.05, 0) is 57.9 Å². The van der Waals surface area contributed by atoms with E-state index in [4.69, 9.17) is 4.74 Å². The maximum Gasteiger partial charge on any atom is 0.354 e. The molecule has 0 aromatic carbocycles. The van der Waals surface area contributed by atoms with Crippen molar-refractivity contribution in [3.05, 3.63) is 50.5 Å². The summed E-state index contributed by atoms with van der Waals surface area (Å²) in [6.07, 6.45) is 0.691. The lowest BCUT2D eigenvalue weighted by Crippen LogP contribution is -2.32. The van der Waals surface area contributed by atoms with Crippen LogP contribution in [0.3, 0.4) is 0 Å². The van der Waals surface area contributed by atoms with E-state index in [9.17, 15) is 19.5 Å². The Morgan fingerprint density at radius 1 is 1.32 bits per heavy atom. The molecule has 2 aromatic rings. The highest BCUT2D eigenvalue weighted by Gasteiger charge is 2.46. The number of rotatable bonds is 7. The van der Waals surface area contributed by atoms with Crippen molar-refractivity contribution in [3.63, 3.8) is 0 Å². The number of thiophene rings is 1. The SMILES string of the molecule is COC(=O)c1[nH]c(C)c(/C(O)=C2\C(=O)C(=O)N(CCCN(C)C)C2c2cccs2)c1C. The van der Waals surface area contributed by atoms with Crippen LogP contribution in [0, 0.1) is 13.8 Å². The Morgan fingerprint density at radius 2 is 2.03 bits per heavy atom. The van der Waals surface area contributed by atoms with E-state index >= 15 is 0 Å². The fraction of sp³-hybridized carbons (Fsp3) is 0.409. The second-order valence-corrected chi connectivity index (χ2v) is 8.76. The number of aliphatic hydroxyl groups excluding tert-OH is 1. The minimum atomic E-state index is -0.722. The van der Waals surface area contributed by atoms with Crippen LogP contribution in [0.15, 0.2) is 23.1 Å². The lowest BCUT2D eigenvalue weighted by Gasteiger charge is -2.24. The standard InChI is InChI=1S/C22H27N3O5S/c1-12-15(13(2)23-17(12)22(29)30-5)19(26)16-18(14-8-6-11-31-14)25(21(28)20(16)27)10-7-9-24(3)4/h6,8,11,18,23,26H,7,9-10H2,1-5H3/b19-16+. The molecule has 0 aliphatic carbocycles. The number of nitrogens with zero attached hydrogens (tertiary/aromatic N) is 2. The molecule has 1 amide bonds. The van der Waals surface area contributed by atoms with Gasteiger partial charge in [0.25, 0.3) is 11.7 Å². The third-order valence-electron chi connectivity index (χ3n) is 5.42. The summed E-state index contributed by atoms with van der Waals surface area (Å²) in [6, 6.07) is 3.03. The van der Waals surface area contributed by atoms with Crippen LogP contribution >= 0.6 is 11.3 Å². The zero-order valence-corrected chi connectivity index (χ0v) is 19.1. The van der Waals surface area contributed by atoms with Crippen molar-refractivity contribution in [3.8, 4) is 0 Å². The summed E-state index contributed by atoms with van der Waals surface area (Å²) in [4.78, 5) is 45.2. The first kappa shape index (κ1) is 22.8. The Hall–Kier alpha value is -2.91. The maximum absolute atomic E-state index is 13.0. The first-order valence-electron chi connectivity index (χ1n) is 9.93. The second kappa shape index (κ2) is 9.07. The molecule has 1 saturated heterocycles.